The molecule has 0 spiro atoms. The predicted molar refractivity (Wildman–Crippen MR) is 113 cm³/mol. The number of methoxy groups -OCH3 is 1. The van der Waals surface area contributed by atoms with Gasteiger partial charge in [0.15, 0.2) is 0 Å². The van der Waals surface area contributed by atoms with Crippen LogP contribution in [0.2, 0.25) is 0 Å². The quantitative estimate of drug-likeness (QED) is 0.597. The molecule has 0 unspecified atom stereocenters. The van der Waals surface area contributed by atoms with Crippen LogP contribution in [-0.4, -0.2) is 41.6 Å². The number of carbonyl (C=O) groups excluding carboxylic acids is 1. The van der Waals surface area contributed by atoms with E-state index in [1.807, 2.05) is 13.0 Å². The number of anilines is 1. The lowest BCUT2D eigenvalue weighted by Gasteiger charge is -2.19. The third kappa shape index (κ3) is 4.19. The summed E-state index contributed by atoms with van der Waals surface area (Å²) in [6, 6.07) is 13.9. The standard InChI is InChI=1S/C20H22N2O4S2/c1-14-4-7-17(8-5-14)28(24,25)22(2)16-6-9-18-15(12-16)13-19(27-18)20(23)21-10-11-26-3/h4-9,12-13H,10-11H2,1-3H3,(H,21,23). The van der Waals surface area contributed by atoms with Crippen LogP contribution in [-0.2, 0) is 14.8 Å². The first kappa shape index (κ1) is 20.3. The van der Waals surface area contributed by atoms with Crippen LogP contribution in [0.3, 0.4) is 0 Å². The number of hydrogen-bond donors (Lipinski definition) is 1. The second kappa shape index (κ2) is 8.30. The Bertz CT molecular complexity index is 1090. The van der Waals surface area contributed by atoms with Crippen molar-refractivity contribution in [1.29, 1.82) is 0 Å². The van der Waals surface area contributed by atoms with Gasteiger partial charge in [-0.15, -0.1) is 11.3 Å². The Morgan fingerprint density at radius 1 is 1.14 bits per heavy atom. The van der Waals surface area contributed by atoms with Crippen molar-refractivity contribution in [2.24, 2.45) is 0 Å². The normalized spacial score (nSPS) is 11.5. The first-order chi connectivity index (χ1) is 13.3. The van der Waals surface area contributed by atoms with E-state index in [4.69, 9.17) is 4.74 Å². The van der Waals surface area contributed by atoms with Crippen LogP contribution in [0.5, 0.6) is 0 Å². The van der Waals surface area contributed by atoms with Gasteiger partial charge in [0.25, 0.3) is 15.9 Å². The summed E-state index contributed by atoms with van der Waals surface area (Å²) in [5.41, 5.74) is 1.54. The minimum Gasteiger partial charge on any atom is -0.383 e. The average molecular weight is 419 g/mol. The molecule has 1 aromatic heterocycles. The molecule has 0 saturated heterocycles. The van der Waals surface area contributed by atoms with Crippen molar-refractivity contribution in [2.75, 3.05) is 31.6 Å². The highest BCUT2D eigenvalue weighted by atomic mass is 32.2. The summed E-state index contributed by atoms with van der Waals surface area (Å²) in [5.74, 6) is -0.166. The van der Waals surface area contributed by atoms with Crippen LogP contribution in [0.4, 0.5) is 5.69 Å². The van der Waals surface area contributed by atoms with Gasteiger partial charge in [0.1, 0.15) is 0 Å². The van der Waals surface area contributed by atoms with Crippen molar-refractivity contribution in [1.82, 2.24) is 5.32 Å². The van der Waals surface area contributed by atoms with Crippen LogP contribution in [0.1, 0.15) is 15.2 Å². The fourth-order valence-electron chi connectivity index (χ4n) is 2.70. The third-order valence-corrected chi connectivity index (χ3v) is 7.27. The number of hydrogen-bond acceptors (Lipinski definition) is 5. The number of carbonyl (C=O) groups is 1. The number of fused-ring (bicyclic) bond motifs is 1. The molecule has 0 aliphatic rings. The number of aryl methyl sites for hydroxylation is 1. The summed E-state index contributed by atoms with van der Waals surface area (Å²) in [6.07, 6.45) is 0. The van der Waals surface area contributed by atoms with E-state index in [2.05, 4.69) is 5.32 Å². The lowest BCUT2D eigenvalue weighted by molar-refractivity contribution is 0.0941. The number of sulfonamides is 1. The van der Waals surface area contributed by atoms with Gasteiger partial charge in [0.2, 0.25) is 0 Å². The van der Waals surface area contributed by atoms with Crippen LogP contribution in [0, 0.1) is 6.92 Å². The first-order valence-corrected chi connectivity index (χ1v) is 10.9. The second-order valence-corrected chi connectivity index (χ2v) is 9.42. The van der Waals surface area contributed by atoms with Crippen LogP contribution in [0.25, 0.3) is 10.1 Å². The molecular weight excluding hydrogens is 396 g/mol. The van der Waals surface area contributed by atoms with Crippen molar-refractivity contribution in [2.45, 2.75) is 11.8 Å². The smallest absolute Gasteiger partial charge is 0.264 e. The first-order valence-electron chi connectivity index (χ1n) is 8.69. The molecule has 0 fully saturated rings. The van der Waals surface area contributed by atoms with Crippen LogP contribution < -0.4 is 9.62 Å². The maximum atomic E-state index is 12.9. The Balaban J connectivity index is 1.87. The Morgan fingerprint density at radius 3 is 2.54 bits per heavy atom. The summed E-state index contributed by atoms with van der Waals surface area (Å²) in [7, 11) is -0.552. The highest BCUT2D eigenvalue weighted by Gasteiger charge is 2.21. The Hall–Kier alpha value is -2.42. The van der Waals surface area contributed by atoms with Gasteiger partial charge >= 0.3 is 0 Å². The number of amides is 1. The highest BCUT2D eigenvalue weighted by molar-refractivity contribution is 7.92. The van der Waals surface area contributed by atoms with Crippen molar-refractivity contribution in [3.63, 3.8) is 0 Å². The fraction of sp³-hybridized carbons (Fsp3) is 0.250. The fourth-order valence-corrected chi connectivity index (χ4v) is 4.85. The lowest BCUT2D eigenvalue weighted by Crippen LogP contribution is -2.26. The summed E-state index contributed by atoms with van der Waals surface area (Å²) >= 11 is 1.37. The number of rotatable bonds is 7. The lowest BCUT2D eigenvalue weighted by atomic mass is 10.2. The van der Waals surface area contributed by atoms with Gasteiger partial charge in [0.05, 0.1) is 22.1 Å². The highest BCUT2D eigenvalue weighted by Crippen LogP contribution is 2.31. The minimum absolute atomic E-state index is 0.166. The molecule has 0 radical (unpaired) electrons. The zero-order chi connectivity index (χ0) is 20.3. The van der Waals surface area contributed by atoms with Gasteiger partial charge in [-0.05, 0) is 48.7 Å². The maximum absolute atomic E-state index is 12.9. The predicted octanol–water partition coefficient (Wildman–Crippen LogP) is 3.41. The molecule has 8 heteroatoms. The molecule has 1 amide bonds. The average Bonchev–Trinajstić information content (AvgIpc) is 3.11. The molecule has 3 aromatic rings. The largest absolute Gasteiger partial charge is 0.383 e. The van der Waals surface area contributed by atoms with E-state index in [1.54, 1.807) is 49.6 Å². The van der Waals surface area contributed by atoms with E-state index in [9.17, 15) is 13.2 Å². The molecule has 0 bridgehead atoms. The molecule has 0 aliphatic heterocycles. The van der Waals surface area contributed by atoms with Gasteiger partial charge in [-0.2, -0.15) is 0 Å². The molecule has 3 rings (SSSR count). The zero-order valence-corrected chi connectivity index (χ0v) is 17.6. The van der Waals surface area contributed by atoms with Crippen LogP contribution >= 0.6 is 11.3 Å². The maximum Gasteiger partial charge on any atom is 0.264 e. The van der Waals surface area contributed by atoms with Crippen LogP contribution in [0.15, 0.2) is 53.4 Å². The number of ether oxygens (including phenoxy) is 1. The number of nitrogens with zero attached hydrogens (tertiary/aromatic N) is 1. The molecule has 28 heavy (non-hydrogen) atoms. The molecule has 0 saturated carbocycles. The van der Waals surface area contributed by atoms with Gasteiger partial charge in [-0.25, -0.2) is 8.42 Å². The molecule has 6 nitrogen and oxygen atoms in total. The Labute approximate surface area is 168 Å². The van der Waals surface area contributed by atoms with Crippen molar-refractivity contribution >= 4 is 43.0 Å². The molecule has 148 valence electrons. The van der Waals surface area contributed by atoms with Gasteiger partial charge in [-0.3, -0.25) is 9.10 Å². The van der Waals surface area contributed by atoms with E-state index in [1.165, 1.54) is 22.7 Å². The monoisotopic (exact) mass is 418 g/mol. The van der Waals surface area contributed by atoms with Crippen molar-refractivity contribution in [3.8, 4) is 0 Å². The van der Waals surface area contributed by atoms with E-state index in [0.717, 1.165) is 15.6 Å². The van der Waals surface area contributed by atoms with E-state index < -0.39 is 10.0 Å². The SMILES string of the molecule is COCCNC(=O)c1cc2cc(N(C)S(=O)(=O)c3ccc(C)cc3)ccc2s1. The van der Waals surface area contributed by atoms with E-state index in [-0.39, 0.29) is 10.8 Å². The Morgan fingerprint density at radius 2 is 1.86 bits per heavy atom. The number of benzene rings is 2. The summed E-state index contributed by atoms with van der Waals surface area (Å²) in [6.45, 7) is 2.79. The van der Waals surface area contributed by atoms with Crippen molar-refractivity contribution < 1.29 is 17.9 Å². The van der Waals surface area contributed by atoms with E-state index in [0.29, 0.717) is 23.7 Å². The molecule has 0 aliphatic carbocycles. The van der Waals surface area contributed by atoms with Gasteiger partial charge < -0.3 is 10.1 Å². The number of thiophene rings is 1. The molecule has 0 atom stereocenters. The third-order valence-electron chi connectivity index (χ3n) is 4.36. The van der Waals surface area contributed by atoms with E-state index >= 15 is 0 Å². The molecular formula is C20H22N2O4S2. The molecule has 2 aromatic carbocycles. The summed E-state index contributed by atoms with van der Waals surface area (Å²) in [4.78, 5) is 13.0. The zero-order valence-electron chi connectivity index (χ0n) is 15.9. The van der Waals surface area contributed by atoms with Gasteiger partial charge in [0, 0.05) is 25.4 Å². The summed E-state index contributed by atoms with van der Waals surface area (Å²) in [5, 5.41) is 3.61. The molecule has 1 N–H and O–H groups in total. The summed E-state index contributed by atoms with van der Waals surface area (Å²) < 4.78 is 32.9. The van der Waals surface area contributed by atoms with Gasteiger partial charge in [-0.1, -0.05) is 17.7 Å². The Kier molecular flexibility index (Phi) is 6.02. The topological polar surface area (TPSA) is 75.7 Å². The number of nitrogens with one attached hydrogen (secondary N) is 1. The minimum atomic E-state index is -3.66. The molecule has 1 heterocycles. The second-order valence-electron chi connectivity index (χ2n) is 6.37. The van der Waals surface area contributed by atoms with Crippen molar-refractivity contribution in [3.05, 3.63) is 59.0 Å².